The van der Waals surface area contributed by atoms with Crippen LogP contribution in [0.2, 0.25) is 0 Å². The number of pyridine rings is 2. The molecule has 0 spiro atoms. The highest BCUT2D eigenvalue weighted by Gasteiger charge is 2.18. The molecule has 1 atom stereocenters. The molecule has 0 aromatic carbocycles. The Hall–Kier alpha value is -3.22. The van der Waals surface area contributed by atoms with Crippen LogP contribution in [0.25, 0.3) is 16.6 Å². The van der Waals surface area contributed by atoms with E-state index in [-0.39, 0.29) is 5.82 Å². The standard InChI is InChI=1S/C22H20FN7S/c1-14-19(23)4-5-21(28-14)31-20-7-15(12-30-22(20)16(8-24)9-27-30)17-10-26-29(13-17)18-3-2-6-25-11-18/h4-5,7,9-10,12-13,18,25H,2-3,6,11H2,1H3/t18-/m0/s1. The van der Waals surface area contributed by atoms with Gasteiger partial charge in [-0.2, -0.15) is 15.5 Å². The molecule has 4 aromatic rings. The van der Waals surface area contributed by atoms with Gasteiger partial charge in [0.05, 0.1) is 35.2 Å². The molecule has 5 rings (SSSR count). The van der Waals surface area contributed by atoms with Crippen molar-refractivity contribution in [3.63, 3.8) is 0 Å². The average molecular weight is 434 g/mol. The van der Waals surface area contributed by atoms with Crippen LogP contribution < -0.4 is 5.32 Å². The number of hydrogen-bond acceptors (Lipinski definition) is 6. The van der Waals surface area contributed by atoms with E-state index < -0.39 is 0 Å². The maximum absolute atomic E-state index is 13.7. The van der Waals surface area contributed by atoms with Crippen LogP contribution in [-0.2, 0) is 0 Å². The first kappa shape index (κ1) is 19.7. The molecule has 4 aromatic heterocycles. The zero-order valence-corrected chi connectivity index (χ0v) is 17.7. The van der Waals surface area contributed by atoms with Crippen molar-refractivity contribution in [3.05, 3.63) is 60.1 Å². The first-order chi connectivity index (χ1) is 15.1. The summed E-state index contributed by atoms with van der Waals surface area (Å²) in [7, 11) is 0. The Morgan fingerprint density at radius 2 is 2.13 bits per heavy atom. The van der Waals surface area contributed by atoms with Crippen LogP contribution in [0.15, 0.2) is 52.9 Å². The number of hydrogen-bond donors (Lipinski definition) is 1. The average Bonchev–Trinajstić information content (AvgIpc) is 3.44. The second-order valence-electron chi connectivity index (χ2n) is 7.58. The largest absolute Gasteiger partial charge is 0.315 e. The fourth-order valence-electron chi connectivity index (χ4n) is 3.84. The van der Waals surface area contributed by atoms with Crippen molar-refractivity contribution in [3.8, 4) is 17.2 Å². The van der Waals surface area contributed by atoms with Crippen molar-refractivity contribution >= 4 is 17.3 Å². The Morgan fingerprint density at radius 1 is 1.23 bits per heavy atom. The number of aryl methyl sites for hydroxylation is 1. The lowest BCUT2D eigenvalue weighted by Gasteiger charge is -2.22. The lowest BCUT2D eigenvalue weighted by molar-refractivity contribution is 0.347. The Kier molecular flexibility index (Phi) is 5.18. The molecule has 0 bridgehead atoms. The van der Waals surface area contributed by atoms with Crippen LogP contribution in [0.4, 0.5) is 4.39 Å². The third-order valence-electron chi connectivity index (χ3n) is 5.49. The molecular formula is C22H20FN7S. The number of fused-ring (bicyclic) bond motifs is 1. The van der Waals surface area contributed by atoms with E-state index in [1.165, 1.54) is 17.8 Å². The minimum atomic E-state index is -0.338. The van der Waals surface area contributed by atoms with Crippen molar-refractivity contribution in [1.82, 2.24) is 29.7 Å². The number of halogens is 1. The predicted octanol–water partition coefficient (Wildman–Crippen LogP) is 3.99. The van der Waals surface area contributed by atoms with E-state index in [4.69, 9.17) is 0 Å². The van der Waals surface area contributed by atoms with Crippen LogP contribution >= 0.6 is 11.8 Å². The maximum Gasteiger partial charge on any atom is 0.144 e. The fourth-order valence-corrected chi connectivity index (χ4v) is 4.87. The highest BCUT2D eigenvalue weighted by atomic mass is 32.2. The molecular weight excluding hydrogens is 413 g/mol. The van der Waals surface area contributed by atoms with Gasteiger partial charge >= 0.3 is 0 Å². The molecule has 9 heteroatoms. The van der Waals surface area contributed by atoms with Crippen molar-refractivity contribution in [2.24, 2.45) is 0 Å². The Morgan fingerprint density at radius 3 is 2.90 bits per heavy atom. The van der Waals surface area contributed by atoms with Gasteiger partial charge in [-0.15, -0.1) is 0 Å². The van der Waals surface area contributed by atoms with Crippen molar-refractivity contribution in [1.29, 1.82) is 5.26 Å². The quantitative estimate of drug-likeness (QED) is 0.524. The third kappa shape index (κ3) is 3.80. The predicted molar refractivity (Wildman–Crippen MR) is 115 cm³/mol. The van der Waals surface area contributed by atoms with Gasteiger partial charge in [-0.1, -0.05) is 11.8 Å². The number of aromatic nitrogens is 5. The first-order valence-corrected chi connectivity index (χ1v) is 10.9. The number of rotatable bonds is 4. The van der Waals surface area contributed by atoms with Crippen molar-refractivity contribution < 1.29 is 4.39 Å². The highest BCUT2D eigenvalue weighted by Crippen LogP contribution is 2.35. The third-order valence-corrected chi connectivity index (χ3v) is 6.46. The van der Waals surface area contributed by atoms with E-state index in [0.29, 0.717) is 27.8 Å². The van der Waals surface area contributed by atoms with Crippen molar-refractivity contribution in [2.45, 2.75) is 35.7 Å². The smallest absolute Gasteiger partial charge is 0.144 e. The Labute approximate surface area is 182 Å². The van der Waals surface area contributed by atoms with Gasteiger partial charge in [-0.05, 0) is 44.5 Å². The van der Waals surface area contributed by atoms with Gasteiger partial charge < -0.3 is 5.32 Å². The molecule has 1 aliphatic rings. The number of nitriles is 1. The number of nitrogens with one attached hydrogen (secondary N) is 1. The van der Waals surface area contributed by atoms with Gasteiger partial charge in [0.1, 0.15) is 16.9 Å². The second kappa shape index (κ2) is 8.13. The zero-order valence-electron chi connectivity index (χ0n) is 16.9. The molecule has 156 valence electrons. The van der Waals surface area contributed by atoms with Gasteiger partial charge in [-0.3, -0.25) is 4.68 Å². The van der Waals surface area contributed by atoms with Crippen LogP contribution in [-0.4, -0.2) is 37.5 Å². The lowest BCUT2D eigenvalue weighted by atomic mass is 10.1. The molecule has 0 saturated carbocycles. The molecule has 1 aliphatic heterocycles. The van der Waals surface area contributed by atoms with Crippen molar-refractivity contribution in [2.75, 3.05) is 13.1 Å². The van der Waals surface area contributed by atoms with E-state index in [1.54, 1.807) is 23.7 Å². The molecule has 0 radical (unpaired) electrons. The molecule has 1 saturated heterocycles. The van der Waals surface area contributed by atoms with E-state index in [9.17, 15) is 9.65 Å². The summed E-state index contributed by atoms with van der Waals surface area (Å²) in [4.78, 5) is 5.17. The van der Waals surface area contributed by atoms with Gasteiger partial charge in [0.15, 0.2) is 0 Å². The molecule has 5 heterocycles. The molecule has 0 aliphatic carbocycles. The van der Waals surface area contributed by atoms with Crippen LogP contribution in [0.1, 0.15) is 30.1 Å². The molecule has 1 fully saturated rings. The molecule has 31 heavy (non-hydrogen) atoms. The summed E-state index contributed by atoms with van der Waals surface area (Å²) < 4.78 is 17.4. The summed E-state index contributed by atoms with van der Waals surface area (Å²) in [5, 5.41) is 22.6. The van der Waals surface area contributed by atoms with Gasteiger partial charge in [0.2, 0.25) is 0 Å². The summed E-state index contributed by atoms with van der Waals surface area (Å²) in [6.07, 6.45) is 9.63. The van der Waals surface area contributed by atoms with E-state index in [2.05, 4.69) is 32.8 Å². The van der Waals surface area contributed by atoms with E-state index >= 15 is 0 Å². The summed E-state index contributed by atoms with van der Waals surface area (Å²) in [6, 6.07) is 7.63. The summed E-state index contributed by atoms with van der Waals surface area (Å²) in [5.74, 6) is -0.338. The minimum Gasteiger partial charge on any atom is -0.315 e. The fraction of sp³-hybridized carbons (Fsp3) is 0.273. The SMILES string of the molecule is Cc1nc(Sc2cc(-c3cnn([C@H]4CCCNC4)c3)cn3ncc(C#N)c23)ccc1F. The number of piperidine rings is 1. The van der Waals surface area contributed by atoms with Crippen LogP contribution in [0.5, 0.6) is 0 Å². The molecule has 0 amide bonds. The minimum absolute atomic E-state index is 0.338. The van der Waals surface area contributed by atoms with Crippen LogP contribution in [0, 0.1) is 24.1 Å². The van der Waals surface area contributed by atoms with Gasteiger partial charge in [0.25, 0.3) is 0 Å². The monoisotopic (exact) mass is 433 g/mol. The maximum atomic E-state index is 13.7. The van der Waals surface area contributed by atoms with Gasteiger partial charge in [-0.25, -0.2) is 13.9 Å². The Bertz CT molecular complexity index is 1300. The topological polar surface area (TPSA) is 83.8 Å². The van der Waals surface area contributed by atoms with Crippen LogP contribution in [0.3, 0.4) is 0 Å². The summed E-state index contributed by atoms with van der Waals surface area (Å²) >= 11 is 1.39. The Balaban J connectivity index is 1.56. The number of nitrogens with zero attached hydrogens (tertiary/aromatic N) is 6. The van der Waals surface area contributed by atoms with E-state index in [1.807, 2.05) is 23.1 Å². The zero-order chi connectivity index (χ0) is 21.4. The molecule has 1 N–H and O–H groups in total. The lowest BCUT2D eigenvalue weighted by Crippen LogP contribution is -2.31. The van der Waals surface area contributed by atoms with Gasteiger partial charge in [0, 0.05) is 35.0 Å². The first-order valence-electron chi connectivity index (χ1n) is 10.1. The second-order valence-corrected chi connectivity index (χ2v) is 8.65. The normalized spacial score (nSPS) is 16.5. The summed E-state index contributed by atoms with van der Waals surface area (Å²) in [6.45, 7) is 3.61. The molecule has 7 nitrogen and oxygen atoms in total. The highest BCUT2D eigenvalue weighted by molar-refractivity contribution is 7.99. The summed E-state index contributed by atoms with van der Waals surface area (Å²) in [5.41, 5.74) is 3.46. The van der Waals surface area contributed by atoms with E-state index in [0.717, 1.165) is 42.0 Å². The molecule has 0 unspecified atom stereocenters.